The van der Waals surface area contributed by atoms with Crippen molar-refractivity contribution in [1.29, 1.82) is 0 Å². The van der Waals surface area contributed by atoms with Gasteiger partial charge < -0.3 is 9.64 Å². The zero-order chi connectivity index (χ0) is 44.7. The highest BCUT2D eigenvalue weighted by Crippen LogP contribution is 2.47. The lowest BCUT2D eigenvalue weighted by atomic mass is 10.0. The molecule has 3 heteroatoms. The predicted molar refractivity (Wildman–Crippen MR) is 278 cm³/mol. The van der Waals surface area contributed by atoms with Crippen LogP contribution in [-0.2, 0) is 9.53 Å². The van der Waals surface area contributed by atoms with Crippen LogP contribution in [-0.4, -0.2) is 37.1 Å². The largest absolute Gasteiger partial charge is 0.466 e. The van der Waals surface area contributed by atoms with Crippen molar-refractivity contribution in [2.75, 3.05) is 26.2 Å². The van der Waals surface area contributed by atoms with E-state index in [2.05, 4.69) is 25.7 Å². The van der Waals surface area contributed by atoms with Crippen LogP contribution in [0.3, 0.4) is 0 Å². The first-order valence-electron chi connectivity index (χ1n) is 30.0. The monoisotopic (exact) mass is 882 g/mol. The number of esters is 1. The normalized spacial score (nSPS) is 21.4. The van der Waals surface area contributed by atoms with Gasteiger partial charge in [-0.05, 0) is 87.1 Å². The van der Waals surface area contributed by atoms with Crippen molar-refractivity contribution in [3.63, 3.8) is 0 Å². The first-order chi connectivity index (χ1) is 31.1. The van der Waals surface area contributed by atoms with E-state index in [1.54, 1.807) is 12.8 Å². The first-order valence-corrected chi connectivity index (χ1v) is 30.0. The van der Waals surface area contributed by atoms with Crippen molar-refractivity contribution in [3.05, 3.63) is 0 Å². The van der Waals surface area contributed by atoms with Crippen LogP contribution in [0.1, 0.15) is 316 Å². The van der Waals surface area contributed by atoms with Crippen molar-refractivity contribution in [1.82, 2.24) is 4.90 Å². The van der Waals surface area contributed by atoms with Crippen molar-refractivity contribution < 1.29 is 9.53 Å². The van der Waals surface area contributed by atoms with E-state index in [0.29, 0.717) is 13.0 Å². The van der Waals surface area contributed by atoms with Gasteiger partial charge in [-0.1, -0.05) is 271 Å². The maximum atomic E-state index is 12.8. The van der Waals surface area contributed by atoms with E-state index in [1.165, 1.54) is 270 Å². The van der Waals surface area contributed by atoms with Crippen molar-refractivity contribution >= 4 is 5.97 Å². The molecule has 3 nitrogen and oxygen atoms in total. The Balaban J connectivity index is 1.16. The molecule has 63 heavy (non-hydrogen) atoms. The van der Waals surface area contributed by atoms with Gasteiger partial charge >= 0.3 is 5.97 Å². The molecule has 0 aromatic rings. The van der Waals surface area contributed by atoms with Gasteiger partial charge in [-0.25, -0.2) is 0 Å². The summed E-state index contributed by atoms with van der Waals surface area (Å²) in [5.74, 6) is 6.51. The Hall–Kier alpha value is -0.570. The van der Waals surface area contributed by atoms with Crippen LogP contribution >= 0.6 is 0 Å². The molecular weight excluding hydrogens is 767 g/mol. The average molecular weight is 883 g/mol. The molecule has 3 rings (SSSR count). The number of ether oxygens (including phenoxy) is 1. The smallest absolute Gasteiger partial charge is 0.307 e. The summed E-state index contributed by atoms with van der Waals surface area (Å²) in [6.07, 6.45) is 64.7. The highest BCUT2D eigenvalue weighted by molar-refractivity contribution is 5.69. The highest BCUT2D eigenvalue weighted by atomic mass is 16.5. The molecule has 3 saturated carbocycles. The van der Waals surface area contributed by atoms with Gasteiger partial charge in [0.1, 0.15) is 0 Å². The topological polar surface area (TPSA) is 29.5 Å². The number of hydrogen-bond donors (Lipinski definition) is 0. The summed E-state index contributed by atoms with van der Waals surface area (Å²) >= 11 is 0. The van der Waals surface area contributed by atoms with E-state index >= 15 is 0 Å². The molecule has 0 aliphatic heterocycles. The summed E-state index contributed by atoms with van der Waals surface area (Å²) in [5, 5.41) is 0. The van der Waals surface area contributed by atoms with E-state index in [1.807, 2.05) is 0 Å². The van der Waals surface area contributed by atoms with Crippen molar-refractivity contribution in [2.45, 2.75) is 316 Å². The third-order valence-electron chi connectivity index (χ3n) is 16.5. The Morgan fingerprint density at radius 2 is 0.587 bits per heavy atom. The van der Waals surface area contributed by atoms with Gasteiger partial charge in [0.05, 0.1) is 13.0 Å². The average Bonchev–Trinajstić information content (AvgIpc) is 4.23. The molecule has 0 aromatic carbocycles. The second-order valence-electron chi connectivity index (χ2n) is 22.5. The Morgan fingerprint density at radius 1 is 0.333 bits per heavy atom. The molecule has 3 fully saturated rings. The van der Waals surface area contributed by atoms with Crippen LogP contribution in [0, 0.1) is 35.5 Å². The van der Waals surface area contributed by atoms with Crippen LogP contribution in [0.2, 0.25) is 0 Å². The fourth-order valence-corrected chi connectivity index (χ4v) is 11.6. The minimum Gasteiger partial charge on any atom is -0.466 e. The Kier molecular flexibility index (Phi) is 36.5. The lowest BCUT2D eigenvalue weighted by Gasteiger charge is -2.22. The van der Waals surface area contributed by atoms with Crippen molar-refractivity contribution in [2.24, 2.45) is 35.5 Å². The summed E-state index contributed by atoms with van der Waals surface area (Å²) < 4.78 is 5.76. The lowest BCUT2D eigenvalue weighted by Crippen LogP contribution is -2.29. The van der Waals surface area contributed by atoms with Gasteiger partial charge in [0, 0.05) is 6.54 Å². The molecule has 0 bridgehead atoms. The summed E-state index contributed by atoms with van der Waals surface area (Å²) in [5.41, 5.74) is 0. The number of hydrogen-bond acceptors (Lipinski definition) is 3. The van der Waals surface area contributed by atoms with E-state index in [0.717, 1.165) is 61.6 Å². The molecule has 0 aromatic heterocycles. The van der Waals surface area contributed by atoms with Gasteiger partial charge in [0.2, 0.25) is 0 Å². The molecule has 3 aliphatic rings. The zero-order valence-electron chi connectivity index (χ0n) is 43.6. The maximum absolute atomic E-state index is 12.8. The molecule has 0 N–H and O–H groups in total. The Bertz CT molecular complexity index is 951. The summed E-state index contributed by atoms with van der Waals surface area (Å²) in [6.45, 7) is 10.8. The number of unbranched alkanes of at least 4 members (excludes halogenated alkanes) is 30. The van der Waals surface area contributed by atoms with E-state index in [-0.39, 0.29) is 5.97 Å². The minimum absolute atomic E-state index is 0.0368. The number of rotatable bonds is 51. The van der Waals surface area contributed by atoms with Gasteiger partial charge in [0.25, 0.3) is 0 Å². The first kappa shape index (κ1) is 56.8. The fraction of sp³-hybridized carbons (Fsp3) is 0.983. The highest BCUT2D eigenvalue weighted by Gasteiger charge is 2.36. The fourth-order valence-electron chi connectivity index (χ4n) is 11.6. The van der Waals surface area contributed by atoms with Crippen LogP contribution in [0.25, 0.3) is 0 Å². The van der Waals surface area contributed by atoms with Gasteiger partial charge in [0.15, 0.2) is 0 Å². The Labute approximate surface area is 396 Å². The molecule has 6 unspecified atom stereocenters. The molecule has 0 heterocycles. The van der Waals surface area contributed by atoms with Crippen LogP contribution in [0.5, 0.6) is 0 Å². The third kappa shape index (κ3) is 33.5. The third-order valence-corrected chi connectivity index (χ3v) is 16.5. The molecule has 3 aliphatic carbocycles. The van der Waals surface area contributed by atoms with Gasteiger partial charge in [-0.3, -0.25) is 4.79 Å². The molecule has 0 amide bonds. The molecule has 372 valence electrons. The number of nitrogens with zero attached hydrogens (tertiary/aromatic N) is 1. The number of carbonyl (C=O) groups excluding carboxylic acids is 1. The molecule has 0 saturated heterocycles. The van der Waals surface area contributed by atoms with Crippen LogP contribution < -0.4 is 0 Å². The van der Waals surface area contributed by atoms with Crippen LogP contribution in [0.4, 0.5) is 0 Å². The van der Waals surface area contributed by atoms with Gasteiger partial charge in [-0.15, -0.1) is 0 Å². The quantitative estimate of drug-likeness (QED) is 0.0450. The molecule has 6 atom stereocenters. The lowest BCUT2D eigenvalue weighted by molar-refractivity contribution is -0.144. The second-order valence-corrected chi connectivity index (χ2v) is 22.5. The molecule has 0 radical (unpaired) electrons. The van der Waals surface area contributed by atoms with Crippen LogP contribution in [0.15, 0.2) is 0 Å². The minimum atomic E-state index is 0.0368. The van der Waals surface area contributed by atoms with Gasteiger partial charge in [-0.2, -0.15) is 0 Å². The zero-order valence-corrected chi connectivity index (χ0v) is 43.6. The Morgan fingerprint density at radius 3 is 0.889 bits per heavy atom. The summed E-state index contributed by atoms with van der Waals surface area (Å²) in [7, 11) is 0. The van der Waals surface area contributed by atoms with Crippen molar-refractivity contribution in [3.8, 4) is 0 Å². The second kappa shape index (κ2) is 40.5. The predicted octanol–water partition coefficient (Wildman–Crippen LogP) is 19.6. The summed E-state index contributed by atoms with van der Waals surface area (Å²) in [4.78, 5) is 15.4. The van der Waals surface area contributed by atoms with E-state index < -0.39 is 0 Å². The number of carbonyl (C=O) groups is 1. The molecule has 0 spiro atoms. The molecular formula is C60H115NO2. The summed E-state index contributed by atoms with van der Waals surface area (Å²) in [6, 6.07) is 0. The van der Waals surface area contributed by atoms with E-state index in [9.17, 15) is 4.79 Å². The van der Waals surface area contributed by atoms with E-state index in [4.69, 9.17) is 4.74 Å². The SMILES string of the molecule is CCCCCCCCC1CC1CCCCCCCCOC(=O)CCN(CCCCCCCCC1CC1CCCCCCCC)CCCCCCCCC1CC1CCCCCCCC. The maximum Gasteiger partial charge on any atom is 0.307 e. The standard InChI is InChI=1S/C60H115NO2/c1-4-7-10-13-22-31-40-54-51-57(54)43-34-25-16-19-28-37-47-61(48-38-29-20-17-26-35-44-58-52-55(58)41-32-23-14-11-8-5-2)49-46-60(62)63-50-39-30-21-18-27-36-45-59-53-56(59)42-33-24-15-12-9-6-3/h54-59H,4-53H2,1-3H3.